The van der Waals surface area contributed by atoms with Gasteiger partial charge in [0.1, 0.15) is 16.3 Å². The van der Waals surface area contributed by atoms with E-state index in [1.807, 2.05) is 25.3 Å². The zero-order chi connectivity index (χ0) is 23.3. The molecule has 1 amide bonds. The van der Waals surface area contributed by atoms with Gasteiger partial charge in [-0.15, -0.1) is 11.3 Å². The van der Waals surface area contributed by atoms with Crippen LogP contribution in [0.15, 0.2) is 22.4 Å². The Morgan fingerprint density at radius 3 is 2.47 bits per heavy atom. The number of ether oxygens (including phenoxy) is 1. The molecule has 0 atom stereocenters. The van der Waals surface area contributed by atoms with Crippen molar-refractivity contribution in [2.75, 3.05) is 13.1 Å². The fourth-order valence-corrected chi connectivity index (χ4v) is 4.94. The molecule has 4 rings (SSSR count). The highest BCUT2D eigenvalue weighted by Crippen LogP contribution is 2.33. The van der Waals surface area contributed by atoms with Gasteiger partial charge in [0.2, 0.25) is 0 Å². The van der Waals surface area contributed by atoms with Crippen molar-refractivity contribution in [2.45, 2.75) is 71.3 Å². The number of piperidine rings is 1. The monoisotopic (exact) mass is 457 g/mol. The van der Waals surface area contributed by atoms with Crippen LogP contribution in [0.3, 0.4) is 0 Å². The summed E-state index contributed by atoms with van der Waals surface area (Å²) in [6.45, 7) is 13.2. The lowest BCUT2D eigenvalue weighted by atomic mass is 9.93. The van der Waals surface area contributed by atoms with Crippen molar-refractivity contribution in [2.24, 2.45) is 0 Å². The Bertz CT molecular complexity index is 1190. The number of hydrogen-bond acceptors (Lipinski definition) is 6. The number of fused-ring (bicyclic) bond motifs is 1. The van der Waals surface area contributed by atoms with E-state index in [2.05, 4.69) is 36.2 Å². The third kappa shape index (κ3) is 4.57. The van der Waals surface area contributed by atoms with Crippen LogP contribution in [0.4, 0.5) is 4.79 Å². The average Bonchev–Trinajstić information content (AvgIpc) is 3.32. The van der Waals surface area contributed by atoms with Crippen LogP contribution in [0.1, 0.15) is 71.7 Å². The van der Waals surface area contributed by atoms with E-state index in [0.717, 1.165) is 34.8 Å². The first-order chi connectivity index (χ1) is 14.9. The number of likely N-dealkylation sites (tertiary alicyclic amines) is 1. The molecule has 3 aromatic rings. The number of thiazole rings is 1. The van der Waals surface area contributed by atoms with Crippen molar-refractivity contribution in [1.29, 1.82) is 0 Å². The molecule has 8 nitrogen and oxygen atoms in total. The Balaban J connectivity index is 1.60. The van der Waals surface area contributed by atoms with E-state index in [9.17, 15) is 9.59 Å². The SMILES string of the molecule is CC(C)(C)OC(=O)N1CCC(c2cc(=O)[nH]c3c(-c4nc(C(C)(C)C)cs4)cnn23)CC1. The van der Waals surface area contributed by atoms with E-state index in [-0.39, 0.29) is 23.0 Å². The van der Waals surface area contributed by atoms with Crippen molar-refractivity contribution >= 4 is 23.1 Å². The largest absolute Gasteiger partial charge is 0.444 e. The number of carbonyl (C=O) groups excluding carboxylic acids is 1. The molecule has 0 bridgehead atoms. The van der Waals surface area contributed by atoms with E-state index >= 15 is 0 Å². The number of hydrogen-bond donors (Lipinski definition) is 1. The number of nitrogens with zero attached hydrogens (tertiary/aromatic N) is 4. The first-order valence-corrected chi connectivity index (χ1v) is 11.9. The van der Waals surface area contributed by atoms with Gasteiger partial charge in [0.05, 0.1) is 23.1 Å². The van der Waals surface area contributed by atoms with Gasteiger partial charge >= 0.3 is 6.09 Å². The van der Waals surface area contributed by atoms with Crippen LogP contribution in [-0.4, -0.2) is 49.3 Å². The lowest BCUT2D eigenvalue weighted by molar-refractivity contribution is 0.0203. The Hall–Kier alpha value is -2.68. The number of carbonyl (C=O) groups is 1. The number of rotatable bonds is 2. The van der Waals surface area contributed by atoms with Gasteiger partial charge in [-0.1, -0.05) is 20.8 Å². The first kappa shape index (κ1) is 22.5. The molecule has 3 aromatic heterocycles. The highest BCUT2D eigenvalue weighted by atomic mass is 32.1. The molecule has 0 radical (unpaired) electrons. The molecule has 9 heteroatoms. The minimum absolute atomic E-state index is 0.0433. The molecule has 1 N–H and O–H groups in total. The lowest BCUT2D eigenvalue weighted by Gasteiger charge is -2.33. The molecule has 172 valence electrons. The number of nitrogens with one attached hydrogen (secondary N) is 1. The zero-order valence-electron chi connectivity index (χ0n) is 19.6. The normalized spacial score (nSPS) is 16.0. The van der Waals surface area contributed by atoms with Crippen LogP contribution >= 0.6 is 11.3 Å². The Morgan fingerprint density at radius 1 is 1.19 bits per heavy atom. The minimum atomic E-state index is -0.513. The van der Waals surface area contributed by atoms with Gasteiger partial charge in [-0.3, -0.25) is 4.79 Å². The van der Waals surface area contributed by atoms with Crippen LogP contribution in [0, 0.1) is 0 Å². The van der Waals surface area contributed by atoms with Crippen LogP contribution in [0.2, 0.25) is 0 Å². The van der Waals surface area contributed by atoms with Crippen molar-refractivity contribution in [3.63, 3.8) is 0 Å². The van der Waals surface area contributed by atoms with Gasteiger partial charge in [-0.2, -0.15) is 5.10 Å². The zero-order valence-corrected chi connectivity index (χ0v) is 20.4. The molecule has 1 aliphatic heterocycles. The summed E-state index contributed by atoms with van der Waals surface area (Å²) in [5.41, 5.74) is 2.67. The summed E-state index contributed by atoms with van der Waals surface area (Å²) in [7, 11) is 0. The molecule has 1 aliphatic rings. The quantitative estimate of drug-likeness (QED) is 0.609. The van der Waals surface area contributed by atoms with E-state index in [1.54, 1.807) is 28.5 Å². The number of H-pyrrole nitrogens is 1. The Morgan fingerprint density at radius 2 is 1.88 bits per heavy atom. The lowest BCUT2D eigenvalue weighted by Crippen LogP contribution is -2.41. The van der Waals surface area contributed by atoms with Gasteiger partial charge in [0.15, 0.2) is 0 Å². The number of amides is 1. The topological polar surface area (TPSA) is 92.6 Å². The van der Waals surface area contributed by atoms with Gasteiger partial charge in [0.25, 0.3) is 5.56 Å². The molecule has 1 saturated heterocycles. The van der Waals surface area contributed by atoms with Crippen LogP contribution < -0.4 is 5.56 Å². The summed E-state index contributed by atoms with van der Waals surface area (Å²) in [5, 5.41) is 7.50. The van der Waals surface area contributed by atoms with Crippen molar-refractivity contribution in [3.05, 3.63) is 39.4 Å². The third-order valence-electron chi connectivity index (χ3n) is 5.60. The maximum Gasteiger partial charge on any atom is 0.410 e. The van der Waals surface area contributed by atoms with Gasteiger partial charge in [-0.25, -0.2) is 14.3 Å². The predicted octanol–water partition coefficient (Wildman–Crippen LogP) is 4.56. The van der Waals surface area contributed by atoms with E-state index in [1.165, 1.54) is 0 Å². The second-order valence-corrected chi connectivity index (χ2v) is 11.3. The van der Waals surface area contributed by atoms with Gasteiger partial charge < -0.3 is 14.6 Å². The molecular formula is C23H31N5O3S. The van der Waals surface area contributed by atoms with Crippen molar-refractivity contribution in [1.82, 2.24) is 24.5 Å². The fourth-order valence-electron chi connectivity index (χ4n) is 3.89. The summed E-state index contributed by atoms with van der Waals surface area (Å²) in [6, 6.07) is 1.63. The summed E-state index contributed by atoms with van der Waals surface area (Å²) in [6.07, 6.45) is 2.99. The second-order valence-electron chi connectivity index (χ2n) is 10.4. The summed E-state index contributed by atoms with van der Waals surface area (Å²) >= 11 is 1.56. The minimum Gasteiger partial charge on any atom is -0.444 e. The van der Waals surface area contributed by atoms with Crippen molar-refractivity contribution in [3.8, 4) is 10.6 Å². The smallest absolute Gasteiger partial charge is 0.410 e. The maximum absolute atomic E-state index is 12.5. The first-order valence-electron chi connectivity index (χ1n) is 11.0. The van der Waals surface area contributed by atoms with Crippen LogP contribution in [0.5, 0.6) is 0 Å². The molecule has 32 heavy (non-hydrogen) atoms. The molecule has 0 spiro atoms. The molecular weight excluding hydrogens is 426 g/mol. The fraction of sp³-hybridized carbons (Fsp3) is 0.565. The highest BCUT2D eigenvalue weighted by molar-refractivity contribution is 7.13. The third-order valence-corrected chi connectivity index (χ3v) is 6.48. The number of aromatic nitrogens is 4. The van der Waals surface area contributed by atoms with Crippen molar-refractivity contribution < 1.29 is 9.53 Å². The van der Waals surface area contributed by atoms with Gasteiger partial charge in [0, 0.05) is 35.9 Å². The van der Waals surface area contributed by atoms with Gasteiger partial charge in [-0.05, 0) is 33.6 Å². The maximum atomic E-state index is 12.5. The summed E-state index contributed by atoms with van der Waals surface area (Å²) < 4.78 is 7.32. The molecule has 0 aromatic carbocycles. The summed E-state index contributed by atoms with van der Waals surface area (Å²) in [5.74, 6) is 0.132. The molecule has 0 saturated carbocycles. The van der Waals surface area contributed by atoms with Crippen LogP contribution in [-0.2, 0) is 10.2 Å². The number of aromatic amines is 1. The molecule has 0 aliphatic carbocycles. The Labute approximate surface area is 191 Å². The highest BCUT2D eigenvalue weighted by Gasteiger charge is 2.29. The Kier molecular flexibility index (Phi) is 5.65. The van der Waals surface area contributed by atoms with E-state index in [4.69, 9.17) is 9.72 Å². The molecule has 4 heterocycles. The molecule has 1 fully saturated rings. The predicted molar refractivity (Wildman–Crippen MR) is 125 cm³/mol. The van der Waals surface area contributed by atoms with E-state index in [0.29, 0.717) is 18.7 Å². The summed E-state index contributed by atoms with van der Waals surface area (Å²) in [4.78, 5) is 34.4. The average molecular weight is 458 g/mol. The molecule has 0 unspecified atom stereocenters. The second kappa shape index (κ2) is 8.03. The standard InChI is InChI=1S/C23H31N5O3S/c1-22(2,3)17-13-32-20(25-17)15-12-24-28-16(11-18(29)26-19(15)28)14-7-9-27(10-8-14)21(30)31-23(4,5)6/h11-14H,7-10H2,1-6H3,(H,26,29). The van der Waals surface area contributed by atoms with Crippen LogP contribution in [0.25, 0.3) is 16.2 Å². The van der Waals surface area contributed by atoms with E-state index < -0.39 is 5.60 Å².